The number of para-hydroxylation sites is 2. The van der Waals surface area contributed by atoms with Crippen LogP contribution in [-0.2, 0) is 22.4 Å². The number of nitrogens with zero attached hydrogens (tertiary/aromatic N) is 2. The number of rotatable bonds is 7. The van der Waals surface area contributed by atoms with E-state index in [1.165, 1.54) is 0 Å². The number of hydrogen-bond donors (Lipinski definition) is 4. The number of benzene rings is 4. The lowest BCUT2D eigenvalue weighted by atomic mass is 10.0. The fourth-order valence-electron chi connectivity index (χ4n) is 5.94. The molecule has 0 bridgehead atoms. The first kappa shape index (κ1) is 31.3. The summed E-state index contributed by atoms with van der Waals surface area (Å²) in [6.45, 7) is 2.01. The van der Waals surface area contributed by atoms with Gasteiger partial charge in [0.2, 0.25) is 0 Å². The average molecular weight is 655 g/mol. The molecule has 49 heavy (non-hydrogen) atoms. The van der Waals surface area contributed by atoms with Crippen molar-refractivity contribution in [2.75, 3.05) is 17.7 Å². The van der Waals surface area contributed by atoms with E-state index in [2.05, 4.69) is 31.0 Å². The summed E-state index contributed by atoms with van der Waals surface area (Å²) in [4.78, 5) is 25.0. The predicted molar refractivity (Wildman–Crippen MR) is 186 cm³/mol. The molecule has 2 aliphatic rings. The van der Waals surface area contributed by atoms with Gasteiger partial charge >= 0.3 is 0 Å². The number of carbonyl (C=O) groups excluding carboxylic acids is 2. The Hall–Kier alpha value is -6.36. The Morgan fingerprint density at radius 3 is 1.92 bits per heavy atom. The highest BCUT2D eigenvalue weighted by Crippen LogP contribution is 2.33. The molecule has 0 fully saturated rings. The molecule has 8 rings (SSSR count). The lowest BCUT2D eigenvalue weighted by Crippen LogP contribution is -2.31. The topological polar surface area (TPSA) is 143 Å². The van der Waals surface area contributed by atoms with Crippen molar-refractivity contribution in [3.05, 3.63) is 126 Å². The van der Waals surface area contributed by atoms with Gasteiger partial charge in [-0.25, -0.2) is 0 Å². The number of hydrogen-bond acceptors (Lipinski definition) is 7. The number of nitrogens with one attached hydrogen (secondary N) is 4. The van der Waals surface area contributed by atoms with Gasteiger partial charge in [-0.3, -0.25) is 19.8 Å². The summed E-state index contributed by atoms with van der Waals surface area (Å²) in [5.41, 5.74) is 8.59. The first-order valence-corrected chi connectivity index (χ1v) is 15.8. The minimum absolute atomic E-state index is 0.123. The molecule has 11 heteroatoms. The van der Waals surface area contributed by atoms with Crippen LogP contribution in [0.15, 0.2) is 110 Å². The quantitative estimate of drug-likeness (QED) is 0.157. The largest absolute Gasteiger partial charge is 0.495 e. The Balaban J connectivity index is 0.000000154. The van der Waals surface area contributed by atoms with Gasteiger partial charge in [0.15, 0.2) is 12.2 Å². The molecule has 2 aromatic heterocycles. The number of ether oxygens (including phenoxy) is 3. The third-order valence-electron chi connectivity index (χ3n) is 8.47. The van der Waals surface area contributed by atoms with E-state index >= 15 is 0 Å². The van der Waals surface area contributed by atoms with Crippen LogP contribution in [0.1, 0.15) is 16.7 Å². The minimum atomic E-state index is -0.532. The SMILES string of the molecule is COc1cc(-c2cn[nH]c2)ccc1NC(=O)C1Cc2ccccc2O1.Cc1cc(NC(=O)C2Cc3ccccc3O2)ccc1-c1cn[nH]c1. The molecule has 2 amide bonds. The molecule has 6 aromatic rings. The molecular weight excluding hydrogens is 620 g/mol. The van der Waals surface area contributed by atoms with Gasteiger partial charge in [-0.1, -0.05) is 48.5 Å². The summed E-state index contributed by atoms with van der Waals surface area (Å²) >= 11 is 0. The second kappa shape index (κ2) is 13.8. The maximum absolute atomic E-state index is 12.6. The first-order chi connectivity index (χ1) is 23.9. The van der Waals surface area contributed by atoms with Crippen LogP contribution < -0.4 is 24.8 Å². The van der Waals surface area contributed by atoms with E-state index < -0.39 is 12.2 Å². The van der Waals surface area contributed by atoms with Gasteiger partial charge in [0.05, 0.1) is 25.2 Å². The van der Waals surface area contributed by atoms with Gasteiger partial charge in [-0.2, -0.15) is 10.2 Å². The number of amides is 2. The van der Waals surface area contributed by atoms with Gasteiger partial charge in [0.25, 0.3) is 11.8 Å². The van der Waals surface area contributed by atoms with Crippen LogP contribution in [0, 0.1) is 6.92 Å². The summed E-state index contributed by atoms with van der Waals surface area (Å²) < 4.78 is 16.9. The second-order valence-corrected chi connectivity index (χ2v) is 11.7. The molecule has 2 aliphatic heterocycles. The highest BCUT2D eigenvalue weighted by molar-refractivity contribution is 5.97. The van der Waals surface area contributed by atoms with Crippen LogP contribution in [-0.4, -0.2) is 51.5 Å². The molecular formula is C38H34N6O5. The van der Waals surface area contributed by atoms with Gasteiger partial charge in [0, 0.05) is 42.0 Å². The zero-order chi connectivity index (χ0) is 33.7. The second-order valence-electron chi connectivity index (χ2n) is 11.7. The standard InChI is InChI=1S/C19H17N3O3.C19H17N3O2/c1-24-17-8-12(14-10-20-21-11-14)6-7-15(17)22-19(23)18-9-13-4-2-3-5-16(13)25-18;1-12-8-15(6-7-16(12)14-10-20-21-11-14)22-19(23)18-9-13-4-2-3-5-17(13)24-18/h2-8,10-11,18H,9H2,1H3,(H,20,21)(H,22,23);2-8,10-11,18H,9H2,1H3,(H,20,21)(H,22,23). The van der Waals surface area contributed by atoms with Crippen LogP contribution >= 0.6 is 0 Å². The number of anilines is 2. The maximum atomic E-state index is 12.6. The van der Waals surface area contributed by atoms with Crippen LogP contribution in [0.25, 0.3) is 22.3 Å². The maximum Gasteiger partial charge on any atom is 0.265 e. The van der Waals surface area contributed by atoms with Gasteiger partial charge in [0.1, 0.15) is 17.2 Å². The molecule has 0 spiro atoms. The third kappa shape index (κ3) is 6.86. The van der Waals surface area contributed by atoms with Crippen LogP contribution in [0.4, 0.5) is 11.4 Å². The molecule has 0 saturated heterocycles. The van der Waals surface area contributed by atoms with E-state index in [1.54, 1.807) is 25.7 Å². The average Bonchev–Trinajstić information content (AvgIpc) is 3.95. The van der Waals surface area contributed by atoms with E-state index in [-0.39, 0.29) is 11.8 Å². The van der Waals surface area contributed by atoms with Crippen LogP contribution in [0.2, 0.25) is 0 Å². The molecule has 0 saturated carbocycles. The Bertz CT molecular complexity index is 2040. The fraction of sp³-hybridized carbons (Fsp3) is 0.158. The molecule has 246 valence electrons. The van der Waals surface area contributed by atoms with Crippen LogP contribution in [0.5, 0.6) is 17.2 Å². The van der Waals surface area contributed by atoms with Crippen molar-refractivity contribution in [2.45, 2.75) is 32.0 Å². The third-order valence-corrected chi connectivity index (χ3v) is 8.47. The summed E-state index contributed by atoms with van der Waals surface area (Å²) in [7, 11) is 1.58. The number of carbonyl (C=O) groups is 2. The van der Waals surface area contributed by atoms with E-state index in [0.717, 1.165) is 56.1 Å². The van der Waals surface area contributed by atoms with Crippen molar-refractivity contribution in [3.8, 4) is 39.5 Å². The Kier molecular flexibility index (Phi) is 8.79. The predicted octanol–water partition coefficient (Wildman–Crippen LogP) is 6.35. The smallest absolute Gasteiger partial charge is 0.265 e. The van der Waals surface area contributed by atoms with E-state index in [4.69, 9.17) is 14.2 Å². The van der Waals surface area contributed by atoms with Crippen molar-refractivity contribution in [3.63, 3.8) is 0 Å². The highest BCUT2D eigenvalue weighted by Gasteiger charge is 2.30. The molecule has 0 aliphatic carbocycles. The molecule has 4 aromatic carbocycles. The highest BCUT2D eigenvalue weighted by atomic mass is 16.5. The van der Waals surface area contributed by atoms with Gasteiger partial charge in [-0.15, -0.1) is 0 Å². The minimum Gasteiger partial charge on any atom is -0.495 e. The molecule has 0 radical (unpaired) electrons. The van der Waals surface area contributed by atoms with Crippen molar-refractivity contribution >= 4 is 23.2 Å². The van der Waals surface area contributed by atoms with Crippen molar-refractivity contribution < 1.29 is 23.8 Å². The van der Waals surface area contributed by atoms with Crippen LogP contribution in [0.3, 0.4) is 0 Å². The summed E-state index contributed by atoms with van der Waals surface area (Å²) in [5.74, 6) is 1.84. The summed E-state index contributed by atoms with van der Waals surface area (Å²) in [6.07, 6.45) is 7.33. The molecule has 2 atom stereocenters. The molecule has 2 unspecified atom stereocenters. The molecule has 4 N–H and O–H groups in total. The van der Waals surface area contributed by atoms with E-state index in [9.17, 15) is 9.59 Å². The molecule has 4 heterocycles. The number of fused-ring (bicyclic) bond motifs is 2. The fourth-order valence-corrected chi connectivity index (χ4v) is 5.94. The van der Waals surface area contributed by atoms with Crippen molar-refractivity contribution in [1.82, 2.24) is 20.4 Å². The Morgan fingerprint density at radius 1 is 0.735 bits per heavy atom. The summed E-state index contributed by atoms with van der Waals surface area (Å²) in [6, 6.07) is 26.9. The number of aromatic nitrogens is 4. The molecule has 11 nitrogen and oxygen atoms in total. The van der Waals surface area contributed by atoms with Crippen molar-refractivity contribution in [1.29, 1.82) is 0 Å². The zero-order valence-corrected chi connectivity index (χ0v) is 26.9. The number of aromatic amines is 2. The van der Waals surface area contributed by atoms with Gasteiger partial charge < -0.3 is 24.8 Å². The van der Waals surface area contributed by atoms with E-state index in [1.807, 2.05) is 98.0 Å². The summed E-state index contributed by atoms with van der Waals surface area (Å²) in [5, 5.41) is 19.4. The lowest BCUT2D eigenvalue weighted by Gasteiger charge is -2.14. The normalized spacial score (nSPS) is 15.5. The first-order valence-electron chi connectivity index (χ1n) is 15.8. The number of methoxy groups -OCH3 is 1. The monoisotopic (exact) mass is 654 g/mol. The van der Waals surface area contributed by atoms with E-state index in [0.29, 0.717) is 24.3 Å². The number of aryl methyl sites for hydroxylation is 1. The lowest BCUT2D eigenvalue weighted by molar-refractivity contribution is -0.122. The Morgan fingerprint density at radius 2 is 1.35 bits per heavy atom. The Labute approximate surface area is 282 Å². The zero-order valence-electron chi connectivity index (χ0n) is 26.9. The van der Waals surface area contributed by atoms with Gasteiger partial charge in [-0.05, 0) is 71.1 Å². The van der Waals surface area contributed by atoms with Crippen molar-refractivity contribution in [2.24, 2.45) is 0 Å². The number of H-pyrrole nitrogens is 2.